The van der Waals surface area contributed by atoms with Crippen LogP contribution in [0.4, 0.5) is 0 Å². The Morgan fingerprint density at radius 2 is 1.67 bits per heavy atom. The molecule has 6 nitrogen and oxygen atoms in total. The molecule has 0 spiro atoms. The first kappa shape index (κ1) is 21.2. The summed E-state index contributed by atoms with van der Waals surface area (Å²) in [6.45, 7) is 1.31. The van der Waals surface area contributed by atoms with Gasteiger partial charge in [-0.15, -0.1) is 0 Å². The molecule has 0 radical (unpaired) electrons. The first-order valence-corrected chi connectivity index (χ1v) is 9.69. The highest BCUT2D eigenvalue weighted by Crippen LogP contribution is 2.29. The van der Waals surface area contributed by atoms with Crippen molar-refractivity contribution < 1.29 is 19.1 Å². The van der Waals surface area contributed by atoms with Crippen molar-refractivity contribution in [1.29, 1.82) is 0 Å². The molecule has 7 heteroatoms. The summed E-state index contributed by atoms with van der Waals surface area (Å²) in [7, 11) is 0. The molecular weight excluding hydrogens is 404 g/mol. The molecule has 3 aromatic carbocycles. The lowest BCUT2D eigenvalue weighted by molar-refractivity contribution is -0.133. The number of rotatable bonds is 7. The van der Waals surface area contributed by atoms with Gasteiger partial charge in [-0.2, -0.15) is 0 Å². The fraction of sp³-hybridized carbons (Fsp3) is 0.130. The molecule has 3 aromatic rings. The number of hydrazine groups is 1. The van der Waals surface area contributed by atoms with Crippen LogP contribution in [0.1, 0.15) is 6.92 Å². The van der Waals surface area contributed by atoms with E-state index in [0.29, 0.717) is 16.5 Å². The summed E-state index contributed by atoms with van der Waals surface area (Å²) in [5.74, 6) is 0.0225. The standard InChI is InChI=1S/C23H21ClN2O4/c1-16(30-19-11-7-10-18(24)14-19)23(28)26-25-22(27)15-29-21-13-6-5-12-20(21)17-8-3-2-4-9-17/h2-14,16H,15H2,1H3,(H,25,27)(H,26,28). The van der Waals surface area contributed by atoms with Crippen molar-refractivity contribution in [2.75, 3.05) is 6.61 Å². The van der Waals surface area contributed by atoms with Crippen LogP contribution in [0.2, 0.25) is 5.02 Å². The van der Waals surface area contributed by atoms with Gasteiger partial charge in [0.25, 0.3) is 11.8 Å². The molecule has 0 aliphatic rings. The molecule has 0 aliphatic heterocycles. The van der Waals surface area contributed by atoms with Crippen molar-refractivity contribution in [1.82, 2.24) is 10.9 Å². The van der Waals surface area contributed by atoms with Crippen LogP contribution in [0.3, 0.4) is 0 Å². The van der Waals surface area contributed by atoms with E-state index in [0.717, 1.165) is 11.1 Å². The van der Waals surface area contributed by atoms with Gasteiger partial charge in [0, 0.05) is 10.6 Å². The maximum atomic E-state index is 12.1. The van der Waals surface area contributed by atoms with E-state index in [2.05, 4.69) is 10.9 Å². The van der Waals surface area contributed by atoms with E-state index in [-0.39, 0.29) is 6.61 Å². The number of hydrogen-bond donors (Lipinski definition) is 2. The van der Waals surface area contributed by atoms with Crippen molar-refractivity contribution in [2.24, 2.45) is 0 Å². The monoisotopic (exact) mass is 424 g/mol. The smallest absolute Gasteiger partial charge is 0.279 e. The second kappa shape index (κ2) is 10.3. The molecule has 30 heavy (non-hydrogen) atoms. The maximum Gasteiger partial charge on any atom is 0.279 e. The summed E-state index contributed by atoms with van der Waals surface area (Å²) in [6.07, 6.45) is -0.830. The predicted octanol–water partition coefficient (Wildman–Crippen LogP) is 4.00. The number of amides is 2. The lowest BCUT2D eigenvalue weighted by Crippen LogP contribution is -2.48. The van der Waals surface area contributed by atoms with Gasteiger partial charge in [0.05, 0.1) is 0 Å². The number of halogens is 1. The number of para-hydroxylation sites is 1. The van der Waals surface area contributed by atoms with Crippen LogP contribution < -0.4 is 20.3 Å². The van der Waals surface area contributed by atoms with E-state index < -0.39 is 17.9 Å². The zero-order valence-corrected chi connectivity index (χ0v) is 17.1. The fourth-order valence-electron chi connectivity index (χ4n) is 2.66. The Hall–Kier alpha value is -3.51. The minimum absolute atomic E-state index is 0.256. The molecule has 0 heterocycles. The number of hydrogen-bond acceptors (Lipinski definition) is 4. The Balaban J connectivity index is 1.49. The maximum absolute atomic E-state index is 12.1. The van der Waals surface area contributed by atoms with Crippen LogP contribution in [-0.2, 0) is 9.59 Å². The molecule has 0 saturated heterocycles. The van der Waals surface area contributed by atoms with Gasteiger partial charge in [-0.25, -0.2) is 0 Å². The third-order valence-corrected chi connectivity index (χ3v) is 4.37. The van der Waals surface area contributed by atoms with E-state index in [1.165, 1.54) is 0 Å². The molecule has 0 fully saturated rings. The van der Waals surface area contributed by atoms with Crippen LogP contribution in [0.25, 0.3) is 11.1 Å². The summed E-state index contributed by atoms with van der Waals surface area (Å²) < 4.78 is 11.1. The zero-order chi connectivity index (χ0) is 21.3. The topological polar surface area (TPSA) is 76.7 Å². The van der Waals surface area contributed by atoms with Crippen LogP contribution in [0.5, 0.6) is 11.5 Å². The molecule has 154 valence electrons. The Morgan fingerprint density at radius 3 is 2.43 bits per heavy atom. The molecule has 2 N–H and O–H groups in total. The Bertz CT molecular complexity index is 1010. The van der Waals surface area contributed by atoms with Crippen LogP contribution in [-0.4, -0.2) is 24.5 Å². The van der Waals surface area contributed by atoms with E-state index in [1.807, 2.05) is 48.5 Å². The lowest BCUT2D eigenvalue weighted by atomic mass is 10.1. The molecule has 0 bridgehead atoms. The first-order chi connectivity index (χ1) is 14.5. The highest BCUT2D eigenvalue weighted by molar-refractivity contribution is 6.30. The second-order valence-corrected chi connectivity index (χ2v) is 6.84. The van der Waals surface area contributed by atoms with Gasteiger partial charge in [-0.05, 0) is 36.8 Å². The van der Waals surface area contributed by atoms with Gasteiger partial charge in [0.1, 0.15) is 11.5 Å². The van der Waals surface area contributed by atoms with Crippen molar-refractivity contribution in [2.45, 2.75) is 13.0 Å². The normalized spacial score (nSPS) is 11.3. The van der Waals surface area contributed by atoms with E-state index in [4.69, 9.17) is 21.1 Å². The predicted molar refractivity (Wildman–Crippen MR) is 115 cm³/mol. The van der Waals surface area contributed by atoms with E-state index in [1.54, 1.807) is 37.3 Å². The number of nitrogens with one attached hydrogen (secondary N) is 2. The van der Waals surface area contributed by atoms with Crippen molar-refractivity contribution >= 4 is 23.4 Å². The summed E-state index contributed by atoms with van der Waals surface area (Å²) in [5, 5.41) is 0.501. The van der Waals surface area contributed by atoms with Crippen LogP contribution in [0, 0.1) is 0 Å². The Kier molecular flexibility index (Phi) is 7.29. The zero-order valence-electron chi connectivity index (χ0n) is 16.3. The minimum atomic E-state index is -0.830. The van der Waals surface area contributed by atoms with Crippen LogP contribution in [0.15, 0.2) is 78.9 Å². The van der Waals surface area contributed by atoms with Gasteiger partial charge in [-0.1, -0.05) is 66.2 Å². The van der Waals surface area contributed by atoms with Gasteiger partial charge in [0.15, 0.2) is 12.7 Å². The third-order valence-electron chi connectivity index (χ3n) is 4.13. The summed E-state index contributed by atoms with van der Waals surface area (Å²) in [5.41, 5.74) is 6.50. The van der Waals surface area contributed by atoms with Crippen molar-refractivity contribution in [3.05, 3.63) is 83.9 Å². The number of carbonyl (C=O) groups excluding carboxylic acids is 2. The van der Waals surface area contributed by atoms with Crippen molar-refractivity contribution in [3.8, 4) is 22.6 Å². The first-order valence-electron chi connectivity index (χ1n) is 9.31. The number of ether oxygens (including phenoxy) is 2. The van der Waals surface area contributed by atoms with Crippen molar-refractivity contribution in [3.63, 3.8) is 0 Å². The van der Waals surface area contributed by atoms with Crippen LogP contribution >= 0.6 is 11.6 Å². The largest absolute Gasteiger partial charge is 0.483 e. The average molecular weight is 425 g/mol. The molecule has 0 aromatic heterocycles. The van der Waals surface area contributed by atoms with Gasteiger partial charge >= 0.3 is 0 Å². The highest BCUT2D eigenvalue weighted by Gasteiger charge is 2.16. The molecular formula is C23H21ClN2O4. The van der Waals surface area contributed by atoms with E-state index >= 15 is 0 Å². The third kappa shape index (κ3) is 5.99. The average Bonchev–Trinajstić information content (AvgIpc) is 2.76. The van der Waals surface area contributed by atoms with Gasteiger partial charge in [0.2, 0.25) is 0 Å². The summed E-state index contributed by atoms with van der Waals surface area (Å²) in [4.78, 5) is 24.2. The fourth-order valence-corrected chi connectivity index (χ4v) is 2.84. The highest BCUT2D eigenvalue weighted by atomic mass is 35.5. The van der Waals surface area contributed by atoms with Gasteiger partial charge < -0.3 is 9.47 Å². The quantitative estimate of drug-likeness (QED) is 0.562. The molecule has 0 aliphatic carbocycles. The Labute approximate surface area is 179 Å². The molecule has 2 amide bonds. The van der Waals surface area contributed by atoms with Gasteiger partial charge in [-0.3, -0.25) is 20.4 Å². The summed E-state index contributed by atoms with van der Waals surface area (Å²) in [6, 6.07) is 23.9. The second-order valence-electron chi connectivity index (χ2n) is 6.41. The lowest BCUT2D eigenvalue weighted by Gasteiger charge is -2.16. The van der Waals surface area contributed by atoms with E-state index in [9.17, 15) is 9.59 Å². The number of benzene rings is 3. The molecule has 0 saturated carbocycles. The Morgan fingerprint density at radius 1 is 0.933 bits per heavy atom. The molecule has 3 rings (SSSR count). The number of carbonyl (C=O) groups is 2. The SMILES string of the molecule is CC(Oc1cccc(Cl)c1)C(=O)NNC(=O)COc1ccccc1-c1ccccc1. The molecule has 1 unspecified atom stereocenters. The minimum Gasteiger partial charge on any atom is -0.483 e. The molecule has 1 atom stereocenters. The summed E-state index contributed by atoms with van der Waals surface area (Å²) >= 11 is 5.89.